The molecule has 1 saturated heterocycles. The van der Waals surface area contributed by atoms with Gasteiger partial charge in [-0.2, -0.15) is 4.31 Å². The average Bonchev–Trinajstić information content (AvgIpc) is 3.46. The SMILES string of the molecule is Cc1cc(C(=O)COC(=O)C2CC(O)CN2S(=O)(=O)c2ccc3c(c2)OCCO3)c(C)n1-c1ccc(F)cc1. The van der Waals surface area contributed by atoms with Crippen molar-refractivity contribution < 1.29 is 41.7 Å². The van der Waals surface area contributed by atoms with E-state index in [0.717, 1.165) is 10.00 Å². The third-order valence-electron chi connectivity index (χ3n) is 6.79. The number of carbonyl (C=O) groups is 2. The molecule has 5 rings (SSSR count). The summed E-state index contributed by atoms with van der Waals surface area (Å²) < 4.78 is 59.0. The Kier molecular flexibility index (Phi) is 7.19. The van der Waals surface area contributed by atoms with E-state index in [0.29, 0.717) is 29.3 Å². The summed E-state index contributed by atoms with van der Waals surface area (Å²) in [5.74, 6) is -1.12. The third-order valence-corrected chi connectivity index (χ3v) is 8.66. The minimum absolute atomic E-state index is 0.122. The largest absolute Gasteiger partial charge is 0.486 e. The number of ketones is 1. The molecule has 2 aromatic carbocycles. The van der Waals surface area contributed by atoms with Gasteiger partial charge in [0.25, 0.3) is 0 Å². The summed E-state index contributed by atoms with van der Waals surface area (Å²) in [6, 6.07) is 10.3. The van der Waals surface area contributed by atoms with E-state index in [9.17, 15) is 27.5 Å². The van der Waals surface area contributed by atoms with Crippen LogP contribution in [0.4, 0.5) is 4.39 Å². The Balaban J connectivity index is 1.31. The predicted molar refractivity (Wildman–Crippen MR) is 136 cm³/mol. The number of aryl methyl sites for hydroxylation is 1. The van der Waals surface area contributed by atoms with Crippen molar-refractivity contribution in [2.24, 2.45) is 0 Å². The predicted octanol–water partition coefficient (Wildman–Crippen LogP) is 2.55. The molecule has 1 N–H and O–H groups in total. The average molecular weight is 559 g/mol. The van der Waals surface area contributed by atoms with Crippen LogP contribution in [-0.2, 0) is 19.6 Å². The number of benzene rings is 2. The number of aliphatic hydroxyl groups excluding tert-OH is 1. The molecule has 0 aliphatic carbocycles. The number of β-amino-alcohol motifs (C(OH)–C–C–N with tert-alkyl or cyclic N) is 1. The first-order valence-corrected chi connectivity index (χ1v) is 13.7. The molecule has 0 bridgehead atoms. The lowest BCUT2D eigenvalue weighted by molar-refractivity contribution is -0.146. The molecule has 12 heteroatoms. The number of sulfonamides is 1. The van der Waals surface area contributed by atoms with Crippen molar-refractivity contribution in [2.45, 2.75) is 37.3 Å². The van der Waals surface area contributed by atoms with Crippen LogP contribution >= 0.6 is 0 Å². The van der Waals surface area contributed by atoms with E-state index < -0.39 is 40.5 Å². The summed E-state index contributed by atoms with van der Waals surface area (Å²) in [5, 5.41) is 10.2. The Bertz CT molecular complexity index is 1530. The number of aliphatic hydroxyl groups is 1. The van der Waals surface area contributed by atoms with Crippen molar-refractivity contribution in [1.29, 1.82) is 0 Å². The van der Waals surface area contributed by atoms with Gasteiger partial charge in [0.2, 0.25) is 15.8 Å². The Morgan fingerprint density at radius 1 is 1.05 bits per heavy atom. The number of ether oxygens (including phenoxy) is 3. The maximum Gasteiger partial charge on any atom is 0.325 e. The molecule has 0 radical (unpaired) electrons. The molecule has 2 aliphatic rings. The van der Waals surface area contributed by atoms with Crippen LogP contribution in [0.25, 0.3) is 5.69 Å². The van der Waals surface area contributed by atoms with Gasteiger partial charge < -0.3 is 23.9 Å². The molecule has 39 heavy (non-hydrogen) atoms. The highest BCUT2D eigenvalue weighted by atomic mass is 32.2. The van der Waals surface area contributed by atoms with E-state index in [1.165, 1.54) is 30.3 Å². The Morgan fingerprint density at radius 3 is 2.46 bits per heavy atom. The summed E-state index contributed by atoms with van der Waals surface area (Å²) in [6.07, 6.45) is -1.25. The number of carbonyl (C=O) groups excluding carboxylic acids is 2. The van der Waals surface area contributed by atoms with Crippen LogP contribution < -0.4 is 9.47 Å². The van der Waals surface area contributed by atoms with Gasteiger partial charge in [-0.05, 0) is 56.3 Å². The lowest BCUT2D eigenvalue weighted by Crippen LogP contribution is -2.42. The molecule has 2 aliphatic heterocycles. The number of esters is 1. The highest BCUT2D eigenvalue weighted by Crippen LogP contribution is 2.35. The van der Waals surface area contributed by atoms with Crippen LogP contribution in [0.1, 0.15) is 28.2 Å². The van der Waals surface area contributed by atoms with E-state index in [1.807, 2.05) is 0 Å². The van der Waals surface area contributed by atoms with E-state index in [-0.39, 0.29) is 36.0 Å². The molecule has 2 unspecified atom stereocenters. The van der Waals surface area contributed by atoms with Crippen LogP contribution in [0.2, 0.25) is 0 Å². The number of Topliss-reactive ketones (excluding diaryl/α,β-unsaturated/α-hetero) is 1. The second-order valence-electron chi connectivity index (χ2n) is 9.41. The van der Waals surface area contributed by atoms with Crippen molar-refractivity contribution >= 4 is 21.8 Å². The molecule has 1 aromatic heterocycles. The van der Waals surface area contributed by atoms with Gasteiger partial charge >= 0.3 is 5.97 Å². The lowest BCUT2D eigenvalue weighted by atomic mass is 10.1. The number of halogens is 1. The van der Waals surface area contributed by atoms with E-state index in [1.54, 1.807) is 36.6 Å². The quantitative estimate of drug-likeness (QED) is 0.347. The van der Waals surface area contributed by atoms with Crippen LogP contribution in [-0.4, -0.2) is 72.7 Å². The van der Waals surface area contributed by atoms with E-state index in [4.69, 9.17) is 14.2 Å². The Hall–Kier alpha value is -3.74. The number of hydrogen-bond donors (Lipinski definition) is 1. The highest BCUT2D eigenvalue weighted by molar-refractivity contribution is 7.89. The van der Waals surface area contributed by atoms with Crippen LogP contribution in [0.3, 0.4) is 0 Å². The Morgan fingerprint density at radius 2 is 1.74 bits per heavy atom. The lowest BCUT2D eigenvalue weighted by Gasteiger charge is -2.24. The number of nitrogens with zero attached hydrogens (tertiary/aromatic N) is 2. The summed E-state index contributed by atoms with van der Waals surface area (Å²) in [4.78, 5) is 25.8. The molecule has 0 saturated carbocycles. The van der Waals surface area contributed by atoms with Gasteiger partial charge in [0.15, 0.2) is 18.1 Å². The fourth-order valence-electron chi connectivity index (χ4n) is 4.93. The van der Waals surface area contributed by atoms with Crippen molar-refractivity contribution in [3.63, 3.8) is 0 Å². The smallest absolute Gasteiger partial charge is 0.325 e. The fraction of sp³-hybridized carbons (Fsp3) is 0.333. The number of fused-ring (bicyclic) bond motifs is 1. The molecule has 3 aromatic rings. The van der Waals surface area contributed by atoms with Crippen molar-refractivity contribution in [2.75, 3.05) is 26.4 Å². The third kappa shape index (κ3) is 5.14. The monoisotopic (exact) mass is 558 g/mol. The number of hydrogen-bond acceptors (Lipinski definition) is 8. The number of rotatable bonds is 7. The first-order chi connectivity index (χ1) is 18.6. The standard InChI is InChI=1S/C27H27FN2O8S/c1-16-11-22(17(2)30(16)19-5-3-18(28)4-6-19)24(32)15-38-27(33)23-12-20(31)14-29(23)39(34,35)21-7-8-25-26(13-21)37-10-9-36-25/h3-8,11,13,20,23,31H,9-10,12,14-15H2,1-2H3. The summed E-state index contributed by atoms with van der Waals surface area (Å²) in [6.45, 7) is 3.22. The first kappa shape index (κ1) is 26.9. The zero-order chi connectivity index (χ0) is 27.9. The minimum Gasteiger partial charge on any atom is -0.486 e. The zero-order valence-electron chi connectivity index (χ0n) is 21.3. The molecular weight excluding hydrogens is 531 g/mol. The Labute approximate surface area is 224 Å². The van der Waals surface area contributed by atoms with Crippen LogP contribution in [0.15, 0.2) is 53.4 Å². The second kappa shape index (κ2) is 10.4. The van der Waals surface area contributed by atoms with Gasteiger partial charge in [0.05, 0.1) is 11.0 Å². The fourth-order valence-corrected chi connectivity index (χ4v) is 6.57. The molecule has 1 fully saturated rings. The van der Waals surface area contributed by atoms with Gasteiger partial charge in [0, 0.05) is 41.7 Å². The highest BCUT2D eigenvalue weighted by Gasteiger charge is 2.45. The van der Waals surface area contributed by atoms with Crippen molar-refractivity contribution in [1.82, 2.24) is 8.87 Å². The molecule has 3 heterocycles. The normalized spacial score (nSPS) is 19.2. The van der Waals surface area contributed by atoms with Crippen LogP contribution in [0.5, 0.6) is 11.5 Å². The van der Waals surface area contributed by atoms with Gasteiger partial charge in [-0.1, -0.05) is 0 Å². The summed E-state index contributed by atoms with van der Waals surface area (Å²) >= 11 is 0. The maximum absolute atomic E-state index is 13.4. The van der Waals surface area contributed by atoms with Crippen molar-refractivity contribution in [3.05, 3.63) is 71.3 Å². The van der Waals surface area contributed by atoms with Crippen LogP contribution in [0, 0.1) is 19.7 Å². The second-order valence-corrected chi connectivity index (χ2v) is 11.3. The van der Waals surface area contributed by atoms with E-state index >= 15 is 0 Å². The first-order valence-electron chi connectivity index (χ1n) is 12.3. The molecular formula is C27H27FN2O8S. The van der Waals surface area contributed by atoms with Gasteiger partial charge in [-0.3, -0.25) is 9.59 Å². The molecule has 10 nitrogen and oxygen atoms in total. The van der Waals surface area contributed by atoms with E-state index in [2.05, 4.69) is 0 Å². The van der Waals surface area contributed by atoms with Gasteiger partial charge in [-0.25, -0.2) is 12.8 Å². The van der Waals surface area contributed by atoms with Gasteiger partial charge in [0.1, 0.15) is 25.1 Å². The maximum atomic E-state index is 13.4. The molecule has 0 spiro atoms. The molecule has 0 amide bonds. The molecule has 206 valence electrons. The molecule has 2 atom stereocenters. The van der Waals surface area contributed by atoms with Crippen molar-refractivity contribution in [3.8, 4) is 17.2 Å². The van der Waals surface area contributed by atoms with Gasteiger partial charge in [-0.15, -0.1) is 0 Å². The topological polar surface area (TPSA) is 124 Å². The number of aromatic nitrogens is 1. The summed E-state index contributed by atoms with van der Waals surface area (Å²) in [5.41, 5.74) is 2.29. The summed E-state index contributed by atoms with van der Waals surface area (Å²) in [7, 11) is -4.21. The minimum atomic E-state index is -4.21. The zero-order valence-corrected chi connectivity index (χ0v) is 22.1.